The lowest BCUT2D eigenvalue weighted by molar-refractivity contribution is -0.115. The van der Waals surface area contributed by atoms with Crippen molar-refractivity contribution in [1.29, 1.82) is 0 Å². The lowest BCUT2D eigenvalue weighted by Crippen LogP contribution is -2.12. The molecule has 0 aromatic heterocycles. The minimum atomic E-state index is -0.224. The van der Waals surface area contributed by atoms with Crippen molar-refractivity contribution in [1.82, 2.24) is 0 Å². The van der Waals surface area contributed by atoms with Crippen molar-refractivity contribution in [2.75, 3.05) is 10.6 Å². The molecule has 0 saturated carbocycles. The number of carbonyl (C=O) groups is 2. The highest BCUT2D eigenvalue weighted by Crippen LogP contribution is 2.30. The number of rotatable bonds is 4. The molecule has 0 aliphatic rings. The molecular weight excluding hydrogens is 268 g/mol. The molecule has 0 unspecified atom stereocenters. The Morgan fingerprint density at radius 2 is 1.43 bits per heavy atom. The Kier molecular flexibility index (Phi) is 4.56. The van der Waals surface area contributed by atoms with Crippen LogP contribution in [0.3, 0.4) is 0 Å². The fraction of sp³-hybridized carbons (Fsp3) is 0.125. The lowest BCUT2D eigenvalue weighted by Gasteiger charge is -2.13. The van der Waals surface area contributed by atoms with Crippen LogP contribution < -0.4 is 15.4 Å². The van der Waals surface area contributed by atoms with E-state index in [9.17, 15) is 9.59 Å². The lowest BCUT2D eigenvalue weighted by atomic mass is 10.2. The molecule has 5 nitrogen and oxygen atoms in total. The van der Waals surface area contributed by atoms with Crippen molar-refractivity contribution < 1.29 is 14.3 Å². The van der Waals surface area contributed by atoms with Gasteiger partial charge in [-0.3, -0.25) is 9.59 Å². The molecule has 0 fully saturated rings. The molecule has 108 valence electrons. The molecule has 0 aliphatic carbocycles. The second kappa shape index (κ2) is 6.56. The van der Waals surface area contributed by atoms with Crippen LogP contribution in [-0.4, -0.2) is 11.8 Å². The van der Waals surface area contributed by atoms with Gasteiger partial charge in [-0.15, -0.1) is 0 Å². The number of hydrogen-bond donors (Lipinski definition) is 2. The van der Waals surface area contributed by atoms with Gasteiger partial charge in [0.05, 0.1) is 11.4 Å². The van der Waals surface area contributed by atoms with E-state index in [1.165, 1.54) is 13.8 Å². The van der Waals surface area contributed by atoms with Crippen LogP contribution in [-0.2, 0) is 9.59 Å². The molecule has 0 bridgehead atoms. The number of benzene rings is 2. The fourth-order valence-electron chi connectivity index (χ4n) is 1.80. The number of anilines is 2. The van der Waals surface area contributed by atoms with Crippen LogP contribution in [0.15, 0.2) is 48.5 Å². The standard InChI is InChI=1S/C16H16N2O3/c1-11(19)17-15-9-8-14(10-16(15)18-12(2)20)21-13-6-4-3-5-7-13/h3-10H,1-2H3,(H,17,19)(H,18,20). The van der Waals surface area contributed by atoms with Crippen molar-refractivity contribution in [3.63, 3.8) is 0 Å². The van der Waals surface area contributed by atoms with E-state index in [0.29, 0.717) is 22.9 Å². The van der Waals surface area contributed by atoms with E-state index in [1.54, 1.807) is 18.2 Å². The molecule has 0 heterocycles. The molecular formula is C16H16N2O3. The number of nitrogens with one attached hydrogen (secondary N) is 2. The predicted octanol–water partition coefficient (Wildman–Crippen LogP) is 3.40. The van der Waals surface area contributed by atoms with Crippen molar-refractivity contribution in [3.05, 3.63) is 48.5 Å². The zero-order valence-corrected chi connectivity index (χ0v) is 11.8. The second-order valence-corrected chi connectivity index (χ2v) is 4.48. The summed E-state index contributed by atoms with van der Waals surface area (Å²) in [6.07, 6.45) is 0. The Hall–Kier alpha value is -2.82. The molecule has 0 atom stereocenters. The minimum Gasteiger partial charge on any atom is -0.457 e. The van der Waals surface area contributed by atoms with Crippen molar-refractivity contribution in [2.45, 2.75) is 13.8 Å². The summed E-state index contributed by atoms with van der Waals surface area (Å²) in [7, 11) is 0. The first kappa shape index (κ1) is 14.6. The Balaban J connectivity index is 2.27. The average molecular weight is 284 g/mol. The molecule has 21 heavy (non-hydrogen) atoms. The number of amides is 2. The van der Waals surface area contributed by atoms with Gasteiger partial charge in [-0.1, -0.05) is 18.2 Å². The molecule has 5 heteroatoms. The number of carbonyl (C=O) groups excluding carboxylic acids is 2. The fourth-order valence-corrected chi connectivity index (χ4v) is 1.80. The van der Waals surface area contributed by atoms with Crippen molar-refractivity contribution >= 4 is 23.2 Å². The van der Waals surface area contributed by atoms with Gasteiger partial charge in [-0.05, 0) is 24.3 Å². The normalized spacial score (nSPS) is 9.81. The topological polar surface area (TPSA) is 67.4 Å². The van der Waals surface area contributed by atoms with E-state index in [2.05, 4.69) is 10.6 Å². The van der Waals surface area contributed by atoms with Gasteiger partial charge >= 0.3 is 0 Å². The number of ether oxygens (including phenoxy) is 1. The highest BCUT2D eigenvalue weighted by Gasteiger charge is 2.08. The monoisotopic (exact) mass is 284 g/mol. The van der Waals surface area contributed by atoms with E-state index in [4.69, 9.17) is 4.74 Å². The number of hydrogen-bond acceptors (Lipinski definition) is 3. The zero-order valence-electron chi connectivity index (χ0n) is 11.8. The Labute approximate surface area is 122 Å². The van der Waals surface area contributed by atoms with Crippen molar-refractivity contribution in [2.24, 2.45) is 0 Å². The maximum atomic E-state index is 11.3. The summed E-state index contributed by atoms with van der Waals surface area (Å²) in [5.41, 5.74) is 1.02. The Bertz CT molecular complexity index is 654. The first-order valence-corrected chi connectivity index (χ1v) is 6.47. The van der Waals surface area contributed by atoms with Gasteiger partial charge in [-0.2, -0.15) is 0 Å². The second-order valence-electron chi connectivity index (χ2n) is 4.48. The maximum Gasteiger partial charge on any atom is 0.221 e. The van der Waals surface area contributed by atoms with Crippen LogP contribution >= 0.6 is 0 Å². The molecule has 2 N–H and O–H groups in total. The summed E-state index contributed by atoms with van der Waals surface area (Å²) in [6.45, 7) is 2.81. The van der Waals surface area contributed by atoms with Gasteiger partial charge in [0.25, 0.3) is 0 Å². The summed E-state index contributed by atoms with van der Waals surface area (Å²) in [5, 5.41) is 5.33. The smallest absolute Gasteiger partial charge is 0.221 e. The van der Waals surface area contributed by atoms with Crippen LogP contribution in [0.5, 0.6) is 11.5 Å². The predicted molar refractivity (Wildman–Crippen MR) is 81.6 cm³/mol. The van der Waals surface area contributed by atoms with Gasteiger partial charge in [-0.25, -0.2) is 0 Å². The van der Waals surface area contributed by atoms with Crippen molar-refractivity contribution in [3.8, 4) is 11.5 Å². The summed E-state index contributed by atoms with van der Waals surface area (Å²) in [6, 6.07) is 14.4. The summed E-state index contributed by atoms with van der Waals surface area (Å²) >= 11 is 0. The van der Waals surface area contributed by atoms with Gasteiger partial charge in [0.15, 0.2) is 0 Å². The van der Waals surface area contributed by atoms with E-state index in [0.717, 1.165) is 0 Å². The third-order valence-electron chi connectivity index (χ3n) is 2.59. The highest BCUT2D eigenvalue weighted by atomic mass is 16.5. The van der Waals surface area contributed by atoms with E-state index in [1.807, 2.05) is 30.3 Å². The number of para-hydroxylation sites is 1. The third-order valence-corrected chi connectivity index (χ3v) is 2.59. The molecule has 2 aromatic rings. The third kappa shape index (κ3) is 4.35. The van der Waals surface area contributed by atoms with Gasteiger partial charge in [0.1, 0.15) is 11.5 Å². The van der Waals surface area contributed by atoms with Gasteiger partial charge in [0.2, 0.25) is 11.8 Å². The quantitative estimate of drug-likeness (QED) is 0.904. The minimum absolute atomic E-state index is 0.210. The largest absolute Gasteiger partial charge is 0.457 e. The van der Waals surface area contributed by atoms with Crippen LogP contribution in [0.25, 0.3) is 0 Å². The summed E-state index contributed by atoms with van der Waals surface area (Å²) in [5.74, 6) is 0.828. The van der Waals surface area contributed by atoms with Crippen LogP contribution in [0.1, 0.15) is 13.8 Å². The SMILES string of the molecule is CC(=O)Nc1ccc(Oc2ccccc2)cc1NC(C)=O. The maximum absolute atomic E-state index is 11.3. The first-order valence-electron chi connectivity index (χ1n) is 6.47. The Morgan fingerprint density at radius 1 is 0.810 bits per heavy atom. The van der Waals surface area contributed by atoms with Gasteiger partial charge in [0, 0.05) is 19.9 Å². The Morgan fingerprint density at radius 3 is 2.05 bits per heavy atom. The van der Waals surface area contributed by atoms with E-state index in [-0.39, 0.29) is 11.8 Å². The molecule has 2 aromatic carbocycles. The van der Waals surface area contributed by atoms with Gasteiger partial charge < -0.3 is 15.4 Å². The molecule has 2 rings (SSSR count). The summed E-state index contributed by atoms with van der Waals surface area (Å²) < 4.78 is 5.70. The molecule has 0 saturated heterocycles. The van der Waals surface area contributed by atoms with E-state index >= 15 is 0 Å². The molecule has 0 aliphatic heterocycles. The zero-order chi connectivity index (χ0) is 15.2. The molecule has 2 amide bonds. The van der Waals surface area contributed by atoms with E-state index < -0.39 is 0 Å². The van der Waals surface area contributed by atoms with Crippen LogP contribution in [0.2, 0.25) is 0 Å². The average Bonchev–Trinajstić information content (AvgIpc) is 2.42. The van der Waals surface area contributed by atoms with Crippen LogP contribution in [0, 0.1) is 0 Å². The molecule has 0 spiro atoms. The highest BCUT2D eigenvalue weighted by molar-refractivity contribution is 5.98. The first-order chi connectivity index (χ1) is 10.0. The summed E-state index contributed by atoms with van der Waals surface area (Å²) in [4.78, 5) is 22.4. The van der Waals surface area contributed by atoms with Crippen LogP contribution in [0.4, 0.5) is 11.4 Å². The molecule has 0 radical (unpaired) electrons.